The van der Waals surface area contributed by atoms with E-state index in [4.69, 9.17) is 9.47 Å². The monoisotopic (exact) mass is 542 g/mol. The first-order chi connectivity index (χ1) is 18.3. The van der Waals surface area contributed by atoms with Crippen LogP contribution in [0.4, 0.5) is 5.95 Å². The van der Waals surface area contributed by atoms with E-state index in [9.17, 15) is 13.2 Å². The van der Waals surface area contributed by atoms with Crippen molar-refractivity contribution in [3.8, 4) is 0 Å². The summed E-state index contributed by atoms with van der Waals surface area (Å²) in [7, 11) is -3.36. The van der Waals surface area contributed by atoms with Crippen molar-refractivity contribution < 1.29 is 22.7 Å². The molecule has 0 N–H and O–H groups in total. The highest BCUT2D eigenvalue weighted by Crippen LogP contribution is 2.24. The number of carbonyl (C=O) groups excluding carboxylic acids is 1. The molecule has 2 unspecified atom stereocenters. The van der Waals surface area contributed by atoms with Crippen LogP contribution in [-0.4, -0.2) is 79.9 Å². The Balaban J connectivity index is 1.27. The second-order valence-corrected chi connectivity index (χ2v) is 12.0. The summed E-state index contributed by atoms with van der Waals surface area (Å²) >= 11 is 0. The van der Waals surface area contributed by atoms with Gasteiger partial charge < -0.3 is 14.4 Å². The fourth-order valence-corrected chi connectivity index (χ4v) is 5.96. The molecular weight excluding hydrogens is 504 g/mol. The highest BCUT2D eigenvalue weighted by atomic mass is 32.2. The first kappa shape index (κ1) is 28.4. The molecular formula is C28H38N4O5S. The molecule has 2 fully saturated rings. The third-order valence-electron chi connectivity index (χ3n) is 7.08. The molecule has 0 saturated carbocycles. The third kappa shape index (κ3) is 8.17. The van der Waals surface area contributed by atoms with Gasteiger partial charge in [-0.1, -0.05) is 42.5 Å². The van der Waals surface area contributed by atoms with Crippen LogP contribution in [0.3, 0.4) is 0 Å². The van der Waals surface area contributed by atoms with Crippen molar-refractivity contribution >= 4 is 27.8 Å². The van der Waals surface area contributed by atoms with Crippen molar-refractivity contribution in [1.29, 1.82) is 0 Å². The minimum absolute atomic E-state index is 0.0471. The highest BCUT2D eigenvalue weighted by molar-refractivity contribution is 7.88. The molecule has 9 nitrogen and oxygen atoms in total. The number of ketones is 1. The number of sulfonamides is 1. The topological polar surface area (TPSA) is 102 Å². The number of aromatic nitrogens is 2. The maximum absolute atomic E-state index is 12.6. The van der Waals surface area contributed by atoms with Gasteiger partial charge in [-0.15, -0.1) is 0 Å². The van der Waals surface area contributed by atoms with Gasteiger partial charge in [0.1, 0.15) is 6.61 Å². The smallest absolute Gasteiger partial charge is 0.225 e. The number of benzene rings is 1. The van der Waals surface area contributed by atoms with Crippen molar-refractivity contribution in [3.63, 3.8) is 0 Å². The van der Waals surface area contributed by atoms with Gasteiger partial charge in [-0.05, 0) is 50.5 Å². The molecule has 0 bridgehead atoms. The zero-order valence-electron chi connectivity index (χ0n) is 22.2. The Kier molecular flexibility index (Phi) is 10.0. The standard InChI is InChI=1S/C28H38N4O5S/c1-22(11-12-23-8-4-3-5-9-23)32(38(2,34)35)20-24-13-15-31(16-14-24)28-29-18-25(19-30-28)26(33)21-37-27-10-6-7-17-36-27/h3-5,8-9,11-12,18-19,22,24,27H,6-7,10,13-17,20-21H2,1-2H3/b12-11+. The first-order valence-electron chi connectivity index (χ1n) is 13.3. The summed E-state index contributed by atoms with van der Waals surface area (Å²) in [5, 5.41) is 0. The van der Waals surface area contributed by atoms with Gasteiger partial charge in [0.05, 0.1) is 11.8 Å². The Morgan fingerprint density at radius 3 is 2.50 bits per heavy atom. The van der Waals surface area contributed by atoms with Gasteiger partial charge in [-0.25, -0.2) is 18.4 Å². The fourth-order valence-electron chi connectivity index (χ4n) is 4.81. The molecule has 0 spiro atoms. The molecule has 3 heterocycles. The SMILES string of the molecule is CC(/C=C/c1ccccc1)N(CC1CCN(c2ncc(C(=O)COC3CCCCO3)cn2)CC1)S(C)(=O)=O. The molecule has 0 amide bonds. The van der Waals surface area contributed by atoms with E-state index in [1.54, 1.807) is 16.7 Å². The van der Waals surface area contributed by atoms with E-state index in [-0.39, 0.29) is 30.6 Å². The predicted molar refractivity (Wildman–Crippen MR) is 147 cm³/mol. The third-order valence-corrected chi connectivity index (χ3v) is 8.41. The average Bonchev–Trinajstić information content (AvgIpc) is 2.94. The molecule has 4 rings (SSSR count). The Bertz CT molecular complexity index is 1160. The highest BCUT2D eigenvalue weighted by Gasteiger charge is 2.28. The van der Waals surface area contributed by atoms with E-state index in [1.807, 2.05) is 49.4 Å². The van der Waals surface area contributed by atoms with Crippen LogP contribution in [0.1, 0.15) is 54.9 Å². The summed E-state index contributed by atoms with van der Waals surface area (Å²) < 4.78 is 37.8. The summed E-state index contributed by atoms with van der Waals surface area (Å²) in [6, 6.07) is 9.62. The molecule has 2 aliphatic heterocycles. The molecule has 0 radical (unpaired) electrons. The van der Waals surface area contributed by atoms with E-state index in [0.717, 1.165) is 50.8 Å². The molecule has 2 atom stereocenters. The van der Waals surface area contributed by atoms with Crippen molar-refractivity contribution in [2.45, 2.75) is 51.4 Å². The molecule has 2 saturated heterocycles. The van der Waals surface area contributed by atoms with Crippen LogP contribution in [-0.2, 0) is 19.5 Å². The van der Waals surface area contributed by atoms with Gasteiger partial charge in [0.2, 0.25) is 16.0 Å². The number of Topliss-reactive ketones (excluding diaryl/α,β-unsaturated/α-hetero) is 1. The number of hydrogen-bond donors (Lipinski definition) is 0. The summed E-state index contributed by atoms with van der Waals surface area (Å²) in [6.45, 7) is 4.47. The Morgan fingerprint density at radius 1 is 1.16 bits per heavy atom. The Hall–Kier alpha value is -2.66. The second-order valence-electron chi connectivity index (χ2n) is 10.1. The van der Waals surface area contributed by atoms with Crippen LogP contribution in [0.25, 0.3) is 6.08 Å². The molecule has 1 aromatic heterocycles. The first-order valence-corrected chi connectivity index (χ1v) is 15.2. The number of hydrogen-bond acceptors (Lipinski definition) is 8. The molecule has 0 aliphatic carbocycles. The summed E-state index contributed by atoms with van der Waals surface area (Å²) in [4.78, 5) is 23.4. The lowest BCUT2D eigenvalue weighted by Crippen LogP contribution is -2.44. The largest absolute Gasteiger partial charge is 0.353 e. The second kappa shape index (κ2) is 13.4. The Morgan fingerprint density at radius 2 is 1.87 bits per heavy atom. The average molecular weight is 543 g/mol. The van der Waals surface area contributed by atoms with Crippen LogP contribution in [0.15, 0.2) is 48.8 Å². The lowest BCUT2D eigenvalue weighted by Gasteiger charge is -2.35. The lowest BCUT2D eigenvalue weighted by molar-refractivity contribution is -0.155. The van der Waals surface area contributed by atoms with Crippen molar-refractivity contribution in [2.75, 3.05) is 44.0 Å². The van der Waals surface area contributed by atoms with E-state index < -0.39 is 10.0 Å². The maximum Gasteiger partial charge on any atom is 0.225 e. The Labute approximate surface area is 225 Å². The molecule has 2 aliphatic rings. The van der Waals surface area contributed by atoms with E-state index >= 15 is 0 Å². The molecule has 206 valence electrons. The van der Waals surface area contributed by atoms with Gasteiger partial charge >= 0.3 is 0 Å². The van der Waals surface area contributed by atoms with E-state index in [1.165, 1.54) is 6.26 Å². The summed E-state index contributed by atoms with van der Waals surface area (Å²) in [6.07, 6.45) is 12.5. The predicted octanol–water partition coefficient (Wildman–Crippen LogP) is 3.78. The minimum atomic E-state index is -3.36. The zero-order valence-corrected chi connectivity index (χ0v) is 23.1. The van der Waals surface area contributed by atoms with Crippen LogP contribution >= 0.6 is 0 Å². The molecule has 38 heavy (non-hydrogen) atoms. The number of anilines is 1. The fraction of sp³-hybridized carbons (Fsp3) is 0.536. The van der Waals surface area contributed by atoms with Gasteiger partial charge in [0.15, 0.2) is 12.1 Å². The van der Waals surface area contributed by atoms with E-state index in [0.29, 0.717) is 24.7 Å². The van der Waals surface area contributed by atoms with E-state index in [2.05, 4.69) is 14.9 Å². The zero-order chi connectivity index (χ0) is 27.0. The number of rotatable bonds is 11. The van der Waals surface area contributed by atoms with Crippen LogP contribution in [0, 0.1) is 5.92 Å². The summed E-state index contributed by atoms with van der Waals surface area (Å²) in [5.74, 6) is 0.657. The van der Waals surface area contributed by atoms with Crippen molar-refractivity contribution in [1.82, 2.24) is 14.3 Å². The van der Waals surface area contributed by atoms with Gasteiger partial charge in [0.25, 0.3) is 0 Å². The normalized spacial score (nSPS) is 20.2. The molecule has 2 aromatic rings. The molecule has 10 heteroatoms. The number of carbonyl (C=O) groups is 1. The van der Waals surface area contributed by atoms with Crippen LogP contribution in [0.5, 0.6) is 0 Å². The lowest BCUT2D eigenvalue weighted by atomic mass is 9.96. The van der Waals surface area contributed by atoms with Gasteiger partial charge in [-0.2, -0.15) is 4.31 Å². The van der Waals surface area contributed by atoms with Crippen molar-refractivity contribution in [2.24, 2.45) is 5.92 Å². The van der Waals surface area contributed by atoms with Crippen LogP contribution < -0.4 is 4.90 Å². The quantitative estimate of drug-likeness (QED) is 0.396. The molecule has 1 aromatic carbocycles. The number of piperidine rings is 1. The van der Waals surface area contributed by atoms with Gasteiger partial charge in [0, 0.05) is 44.7 Å². The number of nitrogens with zero attached hydrogens (tertiary/aromatic N) is 4. The minimum Gasteiger partial charge on any atom is -0.353 e. The van der Waals surface area contributed by atoms with Crippen LogP contribution in [0.2, 0.25) is 0 Å². The van der Waals surface area contributed by atoms with Gasteiger partial charge in [-0.3, -0.25) is 4.79 Å². The van der Waals surface area contributed by atoms with Crippen molar-refractivity contribution in [3.05, 3.63) is 59.9 Å². The summed E-state index contributed by atoms with van der Waals surface area (Å²) in [5.41, 5.74) is 1.46. The maximum atomic E-state index is 12.6. The number of ether oxygens (including phenoxy) is 2.